The van der Waals surface area contributed by atoms with Crippen LogP contribution in [0.25, 0.3) is 0 Å². The summed E-state index contributed by atoms with van der Waals surface area (Å²) in [5, 5.41) is 8.70. The highest BCUT2D eigenvalue weighted by molar-refractivity contribution is 14.0. The van der Waals surface area contributed by atoms with Gasteiger partial charge < -0.3 is 16.0 Å². The first kappa shape index (κ1) is 25.2. The molecule has 0 saturated carbocycles. The van der Waals surface area contributed by atoms with Crippen LogP contribution >= 0.6 is 24.0 Å². The summed E-state index contributed by atoms with van der Waals surface area (Å²) in [5.74, 6) is 0.243. The third kappa shape index (κ3) is 9.11. The van der Waals surface area contributed by atoms with Crippen molar-refractivity contribution in [3.8, 4) is 0 Å². The number of aliphatic imine (C=N–C) groups is 1. The van der Waals surface area contributed by atoms with E-state index < -0.39 is 22.6 Å². The van der Waals surface area contributed by atoms with Crippen LogP contribution in [-0.2, 0) is 14.6 Å². The van der Waals surface area contributed by atoms with E-state index in [0.29, 0.717) is 25.3 Å². The maximum absolute atomic E-state index is 12.4. The Balaban J connectivity index is 0.00000392. The zero-order valence-corrected chi connectivity index (χ0v) is 18.7. The summed E-state index contributed by atoms with van der Waals surface area (Å²) < 4.78 is 60.0. The Kier molecular flexibility index (Phi) is 9.73. The van der Waals surface area contributed by atoms with Crippen LogP contribution in [-0.4, -0.2) is 88.2 Å². The van der Waals surface area contributed by atoms with E-state index >= 15 is 0 Å². The number of halogens is 4. The molecule has 2 atom stereocenters. The molecule has 0 bridgehead atoms. The minimum Gasteiger partial charge on any atom is -0.356 e. The van der Waals surface area contributed by atoms with Crippen molar-refractivity contribution in [2.24, 2.45) is 4.99 Å². The summed E-state index contributed by atoms with van der Waals surface area (Å²) in [7, 11) is -1.50. The quantitative estimate of drug-likeness (QED) is 0.251. The zero-order chi connectivity index (χ0) is 20.1. The van der Waals surface area contributed by atoms with E-state index in [2.05, 4.69) is 20.9 Å². The third-order valence-electron chi connectivity index (χ3n) is 4.48. The van der Waals surface area contributed by atoms with Crippen LogP contribution in [0.1, 0.15) is 19.3 Å². The number of hydrogen-bond acceptors (Lipinski definition) is 5. The van der Waals surface area contributed by atoms with Crippen molar-refractivity contribution in [3.63, 3.8) is 0 Å². The van der Waals surface area contributed by atoms with Gasteiger partial charge in [0.05, 0.1) is 18.1 Å². The minimum absolute atomic E-state index is 0. The summed E-state index contributed by atoms with van der Waals surface area (Å²) in [6.07, 6.45) is -3.06. The molecule has 2 rings (SSSR count). The number of amides is 1. The van der Waals surface area contributed by atoms with Crippen LogP contribution in [0.2, 0.25) is 0 Å². The Labute approximate surface area is 180 Å². The molecule has 2 aliphatic heterocycles. The van der Waals surface area contributed by atoms with E-state index in [4.69, 9.17) is 0 Å². The van der Waals surface area contributed by atoms with E-state index in [1.165, 1.54) is 4.90 Å². The van der Waals surface area contributed by atoms with Crippen LogP contribution in [0.3, 0.4) is 0 Å². The average Bonchev–Trinajstić information content (AvgIpc) is 3.10. The fraction of sp³-hybridized carbons (Fsp3) is 0.867. The fourth-order valence-electron chi connectivity index (χ4n) is 3.24. The van der Waals surface area contributed by atoms with Gasteiger partial charge >= 0.3 is 6.18 Å². The van der Waals surface area contributed by atoms with Crippen molar-refractivity contribution >= 4 is 45.7 Å². The Morgan fingerprint density at radius 3 is 2.50 bits per heavy atom. The van der Waals surface area contributed by atoms with Gasteiger partial charge in [0.25, 0.3) is 0 Å². The monoisotopic (exact) mass is 541 g/mol. The number of alkyl halides is 3. The first-order chi connectivity index (χ1) is 12.6. The molecule has 2 saturated heterocycles. The zero-order valence-electron chi connectivity index (χ0n) is 15.6. The Hall–Kier alpha value is -0.830. The van der Waals surface area contributed by atoms with Crippen molar-refractivity contribution in [3.05, 3.63) is 0 Å². The van der Waals surface area contributed by atoms with Gasteiger partial charge in [-0.05, 0) is 12.8 Å². The van der Waals surface area contributed by atoms with Gasteiger partial charge in [-0.3, -0.25) is 14.7 Å². The topological polar surface area (TPSA) is 103 Å². The van der Waals surface area contributed by atoms with Crippen LogP contribution < -0.4 is 16.0 Å². The molecule has 164 valence electrons. The van der Waals surface area contributed by atoms with Crippen molar-refractivity contribution in [1.29, 1.82) is 0 Å². The number of carbonyl (C=O) groups is 1. The highest BCUT2D eigenvalue weighted by Gasteiger charge is 2.34. The number of sulfone groups is 1. The minimum atomic E-state index is -4.21. The number of nitrogens with zero attached hydrogens (tertiary/aromatic N) is 2. The molecular weight excluding hydrogens is 514 g/mol. The predicted molar refractivity (Wildman–Crippen MR) is 111 cm³/mol. The van der Waals surface area contributed by atoms with Crippen molar-refractivity contribution < 1.29 is 26.4 Å². The van der Waals surface area contributed by atoms with Crippen LogP contribution in [0.4, 0.5) is 13.2 Å². The van der Waals surface area contributed by atoms with Gasteiger partial charge in [0.2, 0.25) is 5.91 Å². The number of guanidine groups is 1. The first-order valence-corrected chi connectivity index (χ1v) is 10.6. The SMILES string of the molecule is CN=C(NCCC(=O)NC1CCS(=O)(=O)C1)NC1CCN(CC(F)(F)F)C1.I. The summed E-state index contributed by atoms with van der Waals surface area (Å²) in [6.45, 7) is -0.00402. The lowest BCUT2D eigenvalue weighted by molar-refractivity contribution is -0.143. The molecular formula is C15H27F3IN5O3S. The smallest absolute Gasteiger partial charge is 0.356 e. The molecule has 2 unspecified atom stereocenters. The van der Waals surface area contributed by atoms with Gasteiger partial charge in [-0.2, -0.15) is 13.2 Å². The lowest BCUT2D eigenvalue weighted by Gasteiger charge is -2.20. The maximum Gasteiger partial charge on any atom is 0.401 e. The molecule has 0 aromatic rings. The molecule has 0 radical (unpaired) electrons. The van der Waals surface area contributed by atoms with E-state index in [-0.39, 0.29) is 73.0 Å². The molecule has 2 heterocycles. The number of nitrogens with one attached hydrogen (secondary N) is 3. The largest absolute Gasteiger partial charge is 0.401 e. The molecule has 28 heavy (non-hydrogen) atoms. The normalized spacial score (nSPS) is 25.2. The summed E-state index contributed by atoms with van der Waals surface area (Å²) in [5.41, 5.74) is 0. The summed E-state index contributed by atoms with van der Waals surface area (Å²) in [4.78, 5) is 17.2. The second-order valence-corrected chi connectivity index (χ2v) is 9.13. The number of likely N-dealkylation sites (tertiary alicyclic amines) is 1. The van der Waals surface area contributed by atoms with Gasteiger partial charge in [-0.25, -0.2) is 8.42 Å². The Morgan fingerprint density at radius 1 is 1.21 bits per heavy atom. The molecule has 0 aromatic carbocycles. The maximum atomic E-state index is 12.4. The lowest BCUT2D eigenvalue weighted by Crippen LogP contribution is -2.46. The highest BCUT2D eigenvalue weighted by atomic mass is 127. The lowest BCUT2D eigenvalue weighted by atomic mass is 10.2. The van der Waals surface area contributed by atoms with Crippen LogP contribution in [0.15, 0.2) is 4.99 Å². The number of carbonyl (C=O) groups excluding carboxylic acids is 1. The van der Waals surface area contributed by atoms with Crippen LogP contribution in [0, 0.1) is 0 Å². The van der Waals surface area contributed by atoms with E-state index in [0.717, 1.165) is 0 Å². The highest BCUT2D eigenvalue weighted by Crippen LogP contribution is 2.19. The second-order valence-electron chi connectivity index (χ2n) is 6.90. The Bertz CT molecular complexity index is 660. The van der Waals surface area contributed by atoms with E-state index in [9.17, 15) is 26.4 Å². The van der Waals surface area contributed by atoms with Gasteiger partial charge in [0.15, 0.2) is 15.8 Å². The van der Waals surface area contributed by atoms with Gasteiger partial charge in [0.1, 0.15) is 0 Å². The molecule has 0 spiro atoms. The molecule has 0 aliphatic carbocycles. The summed E-state index contributed by atoms with van der Waals surface area (Å²) >= 11 is 0. The standard InChI is InChI=1S/C15H26F3N5O3S.HI/c1-19-14(22-11-3-6-23(8-11)10-15(16,17)18)20-5-2-13(24)21-12-4-7-27(25,26)9-12;/h11-12H,2-10H2,1H3,(H,21,24)(H2,19,20,22);1H. The predicted octanol–water partition coefficient (Wildman–Crippen LogP) is 0.0994. The number of rotatable bonds is 6. The molecule has 13 heteroatoms. The molecule has 2 fully saturated rings. The average molecular weight is 541 g/mol. The second kappa shape index (κ2) is 10.8. The summed E-state index contributed by atoms with van der Waals surface area (Å²) in [6, 6.07) is -0.478. The van der Waals surface area contributed by atoms with Crippen molar-refractivity contribution in [2.75, 3.05) is 44.7 Å². The van der Waals surface area contributed by atoms with E-state index in [1.807, 2.05) is 0 Å². The molecule has 0 aromatic heterocycles. The van der Waals surface area contributed by atoms with Crippen molar-refractivity contribution in [1.82, 2.24) is 20.9 Å². The third-order valence-corrected chi connectivity index (χ3v) is 6.25. The molecule has 8 nitrogen and oxygen atoms in total. The first-order valence-electron chi connectivity index (χ1n) is 8.82. The van der Waals surface area contributed by atoms with Crippen LogP contribution in [0.5, 0.6) is 0 Å². The van der Waals surface area contributed by atoms with Gasteiger partial charge in [-0.15, -0.1) is 24.0 Å². The Morgan fingerprint density at radius 2 is 1.93 bits per heavy atom. The van der Waals surface area contributed by atoms with Crippen molar-refractivity contribution in [2.45, 2.75) is 37.5 Å². The molecule has 2 aliphatic rings. The van der Waals surface area contributed by atoms with E-state index in [1.54, 1.807) is 7.05 Å². The number of hydrogen-bond donors (Lipinski definition) is 3. The fourth-order valence-corrected chi connectivity index (χ4v) is 4.91. The van der Waals surface area contributed by atoms with Gasteiger partial charge in [-0.1, -0.05) is 0 Å². The molecule has 3 N–H and O–H groups in total. The van der Waals surface area contributed by atoms with Gasteiger partial charge in [0, 0.05) is 45.2 Å². The molecule has 1 amide bonds.